The maximum Gasteiger partial charge on any atom is 0.232 e. The van der Waals surface area contributed by atoms with Gasteiger partial charge in [-0.1, -0.05) is 25.0 Å². The molecule has 1 aliphatic heterocycles. The number of hydrogen-bond acceptors (Lipinski definition) is 5. The summed E-state index contributed by atoms with van der Waals surface area (Å²) in [6.07, 6.45) is 8.66. The number of fused-ring (bicyclic) bond motifs is 1. The Morgan fingerprint density at radius 1 is 1.03 bits per heavy atom. The molecule has 0 radical (unpaired) electrons. The molecule has 2 aromatic rings. The van der Waals surface area contributed by atoms with Crippen LogP contribution in [0.15, 0.2) is 35.5 Å². The summed E-state index contributed by atoms with van der Waals surface area (Å²) in [4.78, 5) is 29.9. The second kappa shape index (κ2) is 9.76. The van der Waals surface area contributed by atoms with Gasteiger partial charge in [-0.05, 0) is 68.7 Å². The number of rotatable bonds is 4. The lowest BCUT2D eigenvalue weighted by Crippen LogP contribution is -2.40. The summed E-state index contributed by atoms with van der Waals surface area (Å²) in [5, 5.41) is 10.9. The number of allylic oxidation sites excluding steroid dienone is 2. The summed E-state index contributed by atoms with van der Waals surface area (Å²) in [7, 11) is 0. The number of aryl methyl sites for hydroxylation is 1. The number of benzene rings is 1. The predicted molar refractivity (Wildman–Crippen MR) is 133 cm³/mol. The van der Waals surface area contributed by atoms with Gasteiger partial charge in [-0.25, -0.2) is 0 Å². The summed E-state index contributed by atoms with van der Waals surface area (Å²) in [6.45, 7) is 2.54. The molecule has 0 N–H and O–H groups in total. The van der Waals surface area contributed by atoms with Gasteiger partial charge in [0.15, 0.2) is 5.78 Å². The first-order valence-corrected chi connectivity index (χ1v) is 13.3. The molecule has 2 heterocycles. The van der Waals surface area contributed by atoms with Crippen molar-refractivity contribution < 1.29 is 14.3 Å². The van der Waals surface area contributed by atoms with Gasteiger partial charge in [-0.15, -0.1) is 11.3 Å². The van der Waals surface area contributed by atoms with Crippen LogP contribution in [0.25, 0.3) is 0 Å². The number of ether oxygens (including phenoxy) is 1. The van der Waals surface area contributed by atoms with Crippen LogP contribution in [0, 0.1) is 11.3 Å². The van der Waals surface area contributed by atoms with Crippen molar-refractivity contribution in [2.75, 3.05) is 11.5 Å². The Morgan fingerprint density at radius 3 is 2.53 bits per heavy atom. The van der Waals surface area contributed by atoms with Crippen LogP contribution in [0.4, 0.5) is 5.00 Å². The number of Topliss-reactive ketones (excluding diaryl/α,β-unsaturated/α-hetero) is 1. The lowest BCUT2D eigenvalue weighted by molar-refractivity contribution is -0.119. The summed E-state index contributed by atoms with van der Waals surface area (Å²) < 4.78 is 5.57. The first-order valence-electron chi connectivity index (χ1n) is 12.5. The first kappa shape index (κ1) is 22.9. The maximum atomic E-state index is 13.7. The number of amides is 1. The highest BCUT2D eigenvalue weighted by atomic mass is 32.1. The fraction of sp³-hybridized carbons (Fsp3) is 0.464. The Morgan fingerprint density at radius 2 is 1.79 bits per heavy atom. The molecule has 1 amide bonds. The highest BCUT2D eigenvalue weighted by Gasteiger charge is 2.41. The van der Waals surface area contributed by atoms with Gasteiger partial charge in [0.1, 0.15) is 16.8 Å². The van der Waals surface area contributed by atoms with Crippen LogP contribution < -0.4 is 9.64 Å². The number of nitrogens with zero attached hydrogens (tertiary/aromatic N) is 2. The number of carbonyl (C=O) groups is 2. The van der Waals surface area contributed by atoms with E-state index in [0.29, 0.717) is 25.0 Å². The van der Waals surface area contributed by atoms with Crippen LogP contribution in [-0.2, 0) is 22.4 Å². The Balaban J connectivity index is 1.60. The van der Waals surface area contributed by atoms with Gasteiger partial charge in [0.05, 0.1) is 12.2 Å². The van der Waals surface area contributed by atoms with Crippen molar-refractivity contribution in [1.29, 1.82) is 5.26 Å². The molecule has 1 aromatic carbocycles. The average molecular weight is 475 g/mol. The molecular weight excluding hydrogens is 444 g/mol. The number of ketones is 1. The SMILES string of the molecule is CCOc1ccc([C@H]2CC(=O)N(c3sc4c(c3C#N)CCCCCC4)C3=C2C(=O)CCC3)cc1. The monoisotopic (exact) mass is 474 g/mol. The zero-order valence-electron chi connectivity index (χ0n) is 19.7. The van der Waals surface area contributed by atoms with E-state index in [9.17, 15) is 14.9 Å². The fourth-order valence-electron chi connectivity index (χ4n) is 5.65. The van der Waals surface area contributed by atoms with Crippen molar-refractivity contribution in [1.82, 2.24) is 0 Å². The number of nitriles is 1. The van der Waals surface area contributed by atoms with E-state index in [-0.39, 0.29) is 24.0 Å². The molecule has 1 atom stereocenters. The van der Waals surface area contributed by atoms with E-state index < -0.39 is 0 Å². The van der Waals surface area contributed by atoms with Gasteiger partial charge in [0, 0.05) is 34.9 Å². The lowest BCUT2D eigenvalue weighted by Gasteiger charge is -2.37. The minimum atomic E-state index is -0.242. The second-order valence-corrected chi connectivity index (χ2v) is 10.4. The molecule has 3 aliphatic rings. The molecule has 6 heteroatoms. The van der Waals surface area contributed by atoms with Gasteiger partial charge in [0.2, 0.25) is 5.91 Å². The highest BCUT2D eigenvalue weighted by Crippen LogP contribution is 2.47. The molecule has 0 saturated heterocycles. The van der Waals surface area contributed by atoms with Gasteiger partial charge in [-0.2, -0.15) is 5.26 Å². The van der Waals surface area contributed by atoms with Crippen molar-refractivity contribution in [2.24, 2.45) is 0 Å². The minimum absolute atomic E-state index is 0.0157. The van der Waals surface area contributed by atoms with E-state index in [1.807, 2.05) is 31.2 Å². The van der Waals surface area contributed by atoms with Crippen molar-refractivity contribution in [3.63, 3.8) is 0 Å². The van der Waals surface area contributed by atoms with Gasteiger partial charge < -0.3 is 4.74 Å². The molecule has 176 valence electrons. The number of hydrogen-bond donors (Lipinski definition) is 0. The number of anilines is 1. The molecule has 0 unspecified atom stereocenters. The van der Waals surface area contributed by atoms with Crippen molar-refractivity contribution in [3.05, 3.63) is 57.1 Å². The third kappa shape index (κ3) is 4.07. The Bertz CT molecular complexity index is 1190. The molecule has 0 spiro atoms. The Labute approximate surface area is 205 Å². The normalized spacial score (nSPS) is 20.8. The van der Waals surface area contributed by atoms with E-state index in [1.165, 1.54) is 17.7 Å². The average Bonchev–Trinajstić information content (AvgIpc) is 3.15. The van der Waals surface area contributed by atoms with Gasteiger partial charge in [-0.3, -0.25) is 14.5 Å². The van der Waals surface area contributed by atoms with E-state index in [2.05, 4.69) is 6.07 Å². The van der Waals surface area contributed by atoms with Crippen LogP contribution >= 0.6 is 11.3 Å². The molecule has 0 fully saturated rings. The smallest absolute Gasteiger partial charge is 0.232 e. The zero-order valence-corrected chi connectivity index (χ0v) is 20.5. The highest BCUT2D eigenvalue weighted by molar-refractivity contribution is 7.16. The van der Waals surface area contributed by atoms with E-state index in [0.717, 1.165) is 65.3 Å². The number of thiophene rings is 1. The van der Waals surface area contributed by atoms with E-state index in [1.54, 1.807) is 16.2 Å². The van der Waals surface area contributed by atoms with Crippen molar-refractivity contribution in [2.45, 2.75) is 77.0 Å². The van der Waals surface area contributed by atoms with Crippen molar-refractivity contribution in [3.8, 4) is 11.8 Å². The summed E-state index contributed by atoms with van der Waals surface area (Å²) >= 11 is 1.60. The maximum absolute atomic E-state index is 13.7. The third-order valence-electron chi connectivity index (χ3n) is 7.24. The van der Waals surface area contributed by atoms with E-state index in [4.69, 9.17) is 4.74 Å². The summed E-state index contributed by atoms with van der Waals surface area (Å²) in [6, 6.07) is 10.2. The zero-order chi connectivity index (χ0) is 23.7. The van der Waals surface area contributed by atoms with Crippen LogP contribution in [0.5, 0.6) is 5.75 Å². The van der Waals surface area contributed by atoms with Crippen LogP contribution in [-0.4, -0.2) is 18.3 Å². The second-order valence-electron chi connectivity index (χ2n) is 9.33. The molecule has 5 nitrogen and oxygen atoms in total. The lowest BCUT2D eigenvalue weighted by atomic mass is 9.77. The standard InChI is InChI=1S/C28H30N2O3S/c1-2-33-19-14-12-18(13-15-19)21-16-26(32)30(23-9-7-10-24(31)27(21)23)28-22(17-29)20-8-5-3-4-6-11-25(20)34-28/h12-15,21H,2-11,16H2,1H3/t21-/m1/s1. The Kier molecular flexibility index (Phi) is 6.56. The minimum Gasteiger partial charge on any atom is -0.494 e. The fourth-order valence-corrected chi connectivity index (χ4v) is 7.04. The summed E-state index contributed by atoms with van der Waals surface area (Å²) in [5.74, 6) is 0.659. The molecule has 1 aromatic heterocycles. The molecular formula is C28H30N2O3S. The molecule has 34 heavy (non-hydrogen) atoms. The Hall–Kier alpha value is -2.91. The third-order valence-corrected chi connectivity index (χ3v) is 8.51. The first-order chi connectivity index (χ1) is 16.6. The predicted octanol–water partition coefficient (Wildman–Crippen LogP) is 6.21. The van der Waals surface area contributed by atoms with Crippen molar-refractivity contribution >= 4 is 28.0 Å². The molecule has 2 aliphatic carbocycles. The molecule has 5 rings (SSSR count). The van der Waals surface area contributed by atoms with Gasteiger partial charge in [0.25, 0.3) is 0 Å². The van der Waals surface area contributed by atoms with Crippen LogP contribution in [0.1, 0.15) is 85.8 Å². The van der Waals surface area contributed by atoms with Gasteiger partial charge >= 0.3 is 0 Å². The molecule has 0 bridgehead atoms. The van der Waals surface area contributed by atoms with Crippen LogP contribution in [0.2, 0.25) is 0 Å². The molecule has 0 saturated carbocycles. The quantitative estimate of drug-likeness (QED) is 0.529. The largest absolute Gasteiger partial charge is 0.494 e. The summed E-state index contributed by atoms with van der Waals surface area (Å²) in [5.41, 5.74) is 4.34. The van der Waals surface area contributed by atoms with E-state index >= 15 is 0 Å². The number of carbonyl (C=O) groups excluding carboxylic acids is 2. The van der Waals surface area contributed by atoms with Crippen LogP contribution in [0.3, 0.4) is 0 Å². The topological polar surface area (TPSA) is 70.4 Å².